The number of aliphatic hydroxyl groups is 1. The van der Waals surface area contributed by atoms with Crippen LogP contribution >= 0.6 is 0 Å². The van der Waals surface area contributed by atoms with Gasteiger partial charge in [0.2, 0.25) is 0 Å². The zero-order valence-corrected chi connectivity index (χ0v) is 10.9. The molecule has 0 aliphatic heterocycles. The molecule has 0 heterocycles. The third-order valence-electron chi connectivity index (χ3n) is 2.87. The summed E-state index contributed by atoms with van der Waals surface area (Å²) in [6.07, 6.45) is 0. The molecule has 2 aromatic carbocycles. The molecule has 0 fully saturated rings. The van der Waals surface area contributed by atoms with E-state index < -0.39 is 5.91 Å². The van der Waals surface area contributed by atoms with Gasteiger partial charge in [0.1, 0.15) is 12.4 Å². The molecule has 1 amide bonds. The van der Waals surface area contributed by atoms with Crippen molar-refractivity contribution in [1.29, 1.82) is 0 Å². The van der Waals surface area contributed by atoms with Crippen molar-refractivity contribution < 1.29 is 14.6 Å². The Kier molecular flexibility index (Phi) is 4.22. The standard InChI is InChI=1S/C15H16N2O3/c16-12-5-6-13(15(17)19)14(7-12)20-9-11-3-1-10(8-18)2-4-11/h1-7,18H,8-9,16H2,(H2,17,19). The molecule has 0 aromatic heterocycles. The third-order valence-corrected chi connectivity index (χ3v) is 2.87. The van der Waals surface area contributed by atoms with Crippen molar-refractivity contribution in [2.75, 3.05) is 5.73 Å². The quantitative estimate of drug-likeness (QED) is 0.717. The fourth-order valence-corrected chi connectivity index (χ4v) is 1.76. The molecule has 0 radical (unpaired) electrons. The van der Waals surface area contributed by atoms with Gasteiger partial charge in [-0.15, -0.1) is 0 Å². The fourth-order valence-electron chi connectivity index (χ4n) is 1.76. The number of amides is 1. The van der Waals surface area contributed by atoms with Crippen LogP contribution in [0.25, 0.3) is 0 Å². The molecular formula is C15H16N2O3. The highest BCUT2D eigenvalue weighted by Gasteiger charge is 2.09. The number of benzene rings is 2. The fraction of sp³-hybridized carbons (Fsp3) is 0.133. The maximum Gasteiger partial charge on any atom is 0.252 e. The van der Waals surface area contributed by atoms with Gasteiger partial charge in [0, 0.05) is 11.8 Å². The smallest absolute Gasteiger partial charge is 0.252 e. The van der Waals surface area contributed by atoms with Crippen LogP contribution in [0.1, 0.15) is 21.5 Å². The number of hydrogen-bond acceptors (Lipinski definition) is 4. The van der Waals surface area contributed by atoms with E-state index in [0.29, 0.717) is 17.0 Å². The van der Waals surface area contributed by atoms with Crippen LogP contribution in [0.2, 0.25) is 0 Å². The molecule has 0 saturated heterocycles. The van der Waals surface area contributed by atoms with E-state index in [-0.39, 0.29) is 13.2 Å². The van der Waals surface area contributed by atoms with E-state index in [9.17, 15) is 4.79 Å². The maximum absolute atomic E-state index is 11.3. The Hall–Kier alpha value is -2.53. The minimum absolute atomic E-state index is 0.00216. The number of carbonyl (C=O) groups excluding carboxylic acids is 1. The summed E-state index contributed by atoms with van der Waals surface area (Å²) in [6.45, 7) is 0.289. The summed E-state index contributed by atoms with van der Waals surface area (Å²) in [5.41, 5.74) is 13.5. The Labute approximate surface area is 116 Å². The molecule has 0 unspecified atom stereocenters. The van der Waals surface area contributed by atoms with Gasteiger partial charge in [0.15, 0.2) is 0 Å². The number of nitrogen functional groups attached to an aromatic ring is 1. The monoisotopic (exact) mass is 272 g/mol. The molecule has 104 valence electrons. The topological polar surface area (TPSA) is 98.6 Å². The van der Waals surface area contributed by atoms with Crippen LogP contribution in [-0.2, 0) is 13.2 Å². The Bertz CT molecular complexity index is 609. The van der Waals surface area contributed by atoms with E-state index in [1.807, 2.05) is 24.3 Å². The molecule has 0 spiro atoms. The van der Waals surface area contributed by atoms with Crippen molar-refractivity contribution in [3.63, 3.8) is 0 Å². The Morgan fingerprint density at radius 1 is 1.10 bits per heavy atom. The second kappa shape index (κ2) is 6.08. The van der Waals surface area contributed by atoms with Crippen molar-refractivity contribution in [2.24, 2.45) is 5.73 Å². The first-order chi connectivity index (χ1) is 9.60. The predicted molar refractivity (Wildman–Crippen MR) is 76.1 cm³/mol. The van der Waals surface area contributed by atoms with E-state index in [1.54, 1.807) is 18.2 Å². The number of anilines is 1. The van der Waals surface area contributed by atoms with Crippen molar-refractivity contribution in [3.05, 3.63) is 59.2 Å². The molecular weight excluding hydrogens is 256 g/mol. The highest BCUT2D eigenvalue weighted by molar-refractivity contribution is 5.96. The molecule has 20 heavy (non-hydrogen) atoms. The normalized spacial score (nSPS) is 10.2. The average molecular weight is 272 g/mol. The first kappa shape index (κ1) is 13.9. The number of carbonyl (C=O) groups is 1. The van der Waals surface area contributed by atoms with Crippen molar-refractivity contribution in [1.82, 2.24) is 0 Å². The zero-order chi connectivity index (χ0) is 14.5. The van der Waals surface area contributed by atoms with Gasteiger partial charge < -0.3 is 21.3 Å². The zero-order valence-electron chi connectivity index (χ0n) is 10.9. The molecule has 0 bridgehead atoms. The average Bonchev–Trinajstić information content (AvgIpc) is 2.45. The van der Waals surface area contributed by atoms with Gasteiger partial charge in [0.05, 0.1) is 12.2 Å². The van der Waals surface area contributed by atoms with Crippen LogP contribution in [0, 0.1) is 0 Å². The van der Waals surface area contributed by atoms with Crippen molar-refractivity contribution >= 4 is 11.6 Å². The summed E-state index contributed by atoms with van der Waals surface area (Å²) in [5.74, 6) is -0.195. The second-order valence-corrected chi connectivity index (χ2v) is 4.38. The SMILES string of the molecule is NC(=O)c1ccc(N)cc1OCc1ccc(CO)cc1. The molecule has 0 aliphatic rings. The molecule has 0 saturated carbocycles. The first-order valence-corrected chi connectivity index (χ1v) is 6.11. The Morgan fingerprint density at radius 3 is 2.35 bits per heavy atom. The molecule has 5 nitrogen and oxygen atoms in total. The van der Waals surface area contributed by atoms with E-state index in [1.165, 1.54) is 0 Å². The van der Waals surface area contributed by atoms with Gasteiger partial charge >= 0.3 is 0 Å². The molecule has 5 N–H and O–H groups in total. The first-order valence-electron chi connectivity index (χ1n) is 6.11. The molecule has 0 aliphatic carbocycles. The van der Waals surface area contributed by atoms with Crippen LogP contribution < -0.4 is 16.2 Å². The number of hydrogen-bond donors (Lipinski definition) is 3. The summed E-state index contributed by atoms with van der Waals surface area (Å²) in [5, 5.41) is 8.97. The number of primary amides is 1. The maximum atomic E-state index is 11.3. The van der Waals surface area contributed by atoms with Crippen LogP contribution in [0.3, 0.4) is 0 Å². The van der Waals surface area contributed by atoms with Gasteiger partial charge in [-0.05, 0) is 23.3 Å². The molecule has 2 rings (SSSR count). The molecule has 2 aromatic rings. The van der Waals surface area contributed by atoms with E-state index in [0.717, 1.165) is 11.1 Å². The predicted octanol–water partition coefficient (Wildman–Crippen LogP) is 1.44. The third kappa shape index (κ3) is 3.27. The second-order valence-electron chi connectivity index (χ2n) is 4.38. The molecule has 0 atom stereocenters. The summed E-state index contributed by atoms with van der Waals surface area (Å²) < 4.78 is 5.60. The minimum atomic E-state index is -0.560. The summed E-state index contributed by atoms with van der Waals surface area (Å²) in [7, 11) is 0. The lowest BCUT2D eigenvalue weighted by Crippen LogP contribution is -2.13. The van der Waals surface area contributed by atoms with Gasteiger partial charge in [-0.3, -0.25) is 4.79 Å². The summed E-state index contributed by atoms with van der Waals surface area (Å²) in [6, 6.07) is 12.0. The van der Waals surface area contributed by atoms with Gasteiger partial charge in [0.25, 0.3) is 5.91 Å². The van der Waals surface area contributed by atoms with Crippen LogP contribution in [0.5, 0.6) is 5.75 Å². The largest absolute Gasteiger partial charge is 0.488 e. The lowest BCUT2D eigenvalue weighted by atomic mass is 10.1. The van der Waals surface area contributed by atoms with Crippen molar-refractivity contribution in [2.45, 2.75) is 13.2 Å². The van der Waals surface area contributed by atoms with E-state index in [2.05, 4.69) is 0 Å². The lowest BCUT2D eigenvalue weighted by molar-refractivity contribution is 0.0996. The highest BCUT2D eigenvalue weighted by Crippen LogP contribution is 2.22. The number of rotatable bonds is 5. The summed E-state index contributed by atoms with van der Waals surface area (Å²) >= 11 is 0. The van der Waals surface area contributed by atoms with E-state index in [4.69, 9.17) is 21.3 Å². The number of nitrogens with two attached hydrogens (primary N) is 2. The van der Waals surface area contributed by atoms with E-state index >= 15 is 0 Å². The Balaban J connectivity index is 2.13. The van der Waals surface area contributed by atoms with Gasteiger partial charge in [-0.25, -0.2) is 0 Å². The van der Waals surface area contributed by atoms with Crippen molar-refractivity contribution in [3.8, 4) is 5.75 Å². The highest BCUT2D eigenvalue weighted by atomic mass is 16.5. The lowest BCUT2D eigenvalue weighted by Gasteiger charge is -2.10. The van der Waals surface area contributed by atoms with Crippen LogP contribution in [0.15, 0.2) is 42.5 Å². The summed E-state index contributed by atoms with van der Waals surface area (Å²) in [4.78, 5) is 11.3. The number of ether oxygens (including phenoxy) is 1. The Morgan fingerprint density at radius 2 is 1.75 bits per heavy atom. The van der Waals surface area contributed by atoms with Crippen LogP contribution in [0.4, 0.5) is 5.69 Å². The van der Waals surface area contributed by atoms with Gasteiger partial charge in [-0.2, -0.15) is 0 Å². The molecule has 5 heteroatoms. The number of aliphatic hydroxyl groups excluding tert-OH is 1. The van der Waals surface area contributed by atoms with Gasteiger partial charge in [-0.1, -0.05) is 24.3 Å². The van der Waals surface area contributed by atoms with Crippen LogP contribution in [-0.4, -0.2) is 11.0 Å². The minimum Gasteiger partial charge on any atom is -0.488 e.